The van der Waals surface area contributed by atoms with E-state index < -0.39 is 11.6 Å². The van der Waals surface area contributed by atoms with Gasteiger partial charge < -0.3 is 5.11 Å². The second kappa shape index (κ2) is 3.69. The van der Waals surface area contributed by atoms with Gasteiger partial charge in [-0.1, -0.05) is 18.2 Å². The molecule has 1 N–H and O–H groups in total. The molecule has 0 aromatic heterocycles. The molecule has 0 saturated heterocycles. The smallest absolute Gasteiger partial charge is 0.133 e. The van der Waals surface area contributed by atoms with Crippen molar-refractivity contribution < 1.29 is 13.9 Å². The van der Waals surface area contributed by atoms with Gasteiger partial charge in [0.2, 0.25) is 0 Å². The Morgan fingerprint density at radius 3 is 1.87 bits per heavy atom. The first kappa shape index (κ1) is 9.65. The van der Waals surface area contributed by atoms with Crippen LogP contribution in [0.15, 0.2) is 42.5 Å². The summed E-state index contributed by atoms with van der Waals surface area (Å²) in [5.41, 5.74) is 0.334. The fraction of sp³-hybridized carbons (Fsp3) is 0. The minimum Gasteiger partial charge on any atom is -0.508 e. The lowest BCUT2D eigenvalue weighted by Gasteiger charge is -2.04. The molecule has 0 heterocycles. The van der Waals surface area contributed by atoms with Crippen molar-refractivity contribution in [1.29, 1.82) is 0 Å². The molecule has 0 aliphatic carbocycles. The highest BCUT2D eigenvalue weighted by Crippen LogP contribution is 2.26. The Morgan fingerprint density at radius 2 is 1.33 bits per heavy atom. The second-order valence-electron chi connectivity index (χ2n) is 3.14. The maximum absolute atomic E-state index is 13.3. The van der Waals surface area contributed by atoms with Crippen LogP contribution in [0.4, 0.5) is 8.78 Å². The number of rotatable bonds is 1. The van der Waals surface area contributed by atoms with Gasteiger partial charge >= 0.3 is 0 Å². The van der Waals surface area contributed by atoms with Crippen molar-refractivity contribution in [3.63, 3.8) is 0 Å². The third kappa shape index (κ3) is 1.81. The van der Waals surface area contributed by atoms with Crippen molar-refractivity contribution in [2.24, 2.45) is 0 Å². The highest BCUT2D eigenvalue weighted by Gasteiger charge is 2.09. The molecule has 0 amide bonds. The van der Waals surface area contributed by atoms with Gasteiger partial charge in [0.15, 0.2) is 0 Å². The normalized spacial score (nSPS) is 10.3. The predicted molar refractivity (Wildman–Crippen MR) is 53.5 cm³/mol. The average Bonchev–Trinajstić information content (AvgIpc) is 2.20. The highest BCUT2D eigenvalue weighted by molar-refractivity contribution is 5.65. The Hall–Kier alpha value is -1.90. The number of hydrogen-bond donors (Lipinski definition) is 1. The van der Waals surface area contributed by atoms with Gasteiger partial charge in [0.1, 0.15) is 17.4 Å². The van der Waals surface area contributed by atoms with Crippen molar-refractivity contribution >= 4 is 0 Å². The quantitative estimate of drug-likeness (QED) is 0.758. The summed E-state index contributed by atoms with van der Waals surface area (Å²) in [5.74, 6) is -1.16. The molecule has 0 fully saturated rings. The summed E-state index contributed by atoms with van der Waals surface area (Å²) in [4.78, 5) is 0. The number of benzene rings is 2. The Bertz CT molecular complexity index is 457. The molecule has 15 heavy (non-hydrogen) atoms. The summed E-state index contributed by atoms with van der Waals surface area (Å²) in [6, 6.07) is 9.43. The zero-order valence-corrected chi connectivity index (χ0v) is 7.74. The van der Waals surface area contributed by atoms with Gasteiger partial charge in [-0.05, 0) is 29.8 Å². The van der Waals surface area contributed by atoms with Gasteiger partial charge in [-0.25, -0.2) is 8.78 Å². The maximum Gasteiger partial charge on any atom is 0.133 e. The molecule has 0 spiro atoms. The van der Waals surface area contributed by atoms with Crippen LogP contribution in [-0.4, -0.2) is 5.11 Å². The van der Waals surface area contributed by atoms with Crippen LogP contribution in [0.2, 0.25) is 0 Å². The van der Waals surface area contributed by atoms with E-state index >= 15 is 0 Å². The molecular weight excluding hydrogens is 198 g/mol. The lowest BCUT2D eigenvalue weighted by atomic mass is 10.0. The molecule has 0 saturated carbocycles. The molecule has 1 nitrogen and oxygen atoms in total. The standard InChI is InChI=1S/C12H8F2O/c13-10-2-1-3-11(14)12(10)8-4-6-9(15)7-5-8/h1-7,15H. The van der Waals surface area contributed by atoms with Crippen molar-refractivity contribution in [1.82, 2.24) is 0 Å². The summed E-state index contributed by atoms with van der Waals surface area (Å²) >= 11 is 0. The van der Waals surface area contributed by atoms with Crippen LogP contribution in [-0.2, 0) is 0 Å². The first-order valence-corrected chi connectivity index (χ1v) is 4.42. The van der Waals surface area contributed by atoms with Gasteiger partial charge in [-0.3, -0.25) is 0 Å². The summed E-state index contributed by atoms with van der Waals surface area (Å²) in [7, 11) is 0. The van der Waals surface area contributed by atoms with Crippen molar-refractivity contribution in [3.8, 4) is 16.9 Å². The average molecular weight is 206 g/mol. The Labute approximate surface area is 85.6 Å². The number of phenolic OH excluding ortho intramolecular Hbond substituents is 1. The zero-order chi connectivity index (χ0) is 10.8. The summed E-state index contributed by atoms with van der Waals surface area (Å²) in [6.07, 6.45) is 0. The van der Waals surface area contributed by atoms with E-state index in [2.05, 4.69) is 0 Å². The van der Waals surface area contributed by atoms with Crippen LogP contribution in [0.25, 0.3) is 11.1 Å². The Morgan fingerprint density at radius 1 is 0.800 bits per heavy atom. The summed E-state index contributed by atoms with van der Waals surface area (Å²) in [6.45, 7) is 0. The molecule has 0 atom stereocenters. The minimum atomic E-state index is -0.610. The minimum absolute atomic E-state index is 0.0653. The van der Waals surface area contributed by atoms with E-state index in [1.54, 1.807) is 0 Å². The lowest BCUT2D eigenvalue weighted by molar-refractivity contribution is 0.475. The van der Waals surface area contributed by atoms with Crippen LogP contribution in [0.3, 0.4) is 0 Å². The fourth-order valence-electron chi connectivity index (χ4n) is 1.40. The maximum atomic E-state index is 13.3. The molecule has 0 aliphatic rings. The van der Waals surface area contributed by atoms with Crippen LogP contribution in [0, 0.1) is 11.6 Å². The van der Waals surface area contributed by atoms with E-state index in [4.69, 9.17) is 5.11 Å². The second-order valence-corrected chi connectivity index (χ2v) is 3.14. The molecule has 0 aliphatic heterocycles. The van der Waals surface area contributed by atoms with E-state index in [1.807, 2.05) is 0 Å². The first-order chi connectivity index (χ1) is 7.18. The highest BCUT2D eigenvalue weighted by atomic mass is 19.1. The fourth-order valence-corrected chi connectivity index (χ4v) is 1.40. The number of hydrogen-bond acceptors (Lipinski definition) is 1. The van der Waals surface area contributed by atoms with Gasteiger partial charge in [0.25, 0.3) is 0 Å². The summed E-state index contributed by atoms with van der Waals surface area (Å²) in [5, 5.41) is 9.05. The van der Waals surface area contributed by atoms with E-state index in [0.29, 0.717) is 5.56 Å². The van der Waals surface area contributed by atoms with E-state index in [9.17, 15) is 8.78 Å². The molecule has 0 unspecified atom stereocenters. The molecular formula is C12H8F2O. The Kier molecular flexibility index (Phi) is 2.37. The Balaban J connectivity index is 2.58. The number of phenols is 1. The lowest BCUT2D eigenvalue weighted by Crippen LogP contribution is -1.88. The first-order valence-electron chi connectivity index (χ1n) is 4.42. The van der Waals surface area contributed by atoms with Crippen molar-refractivity contribution in [2.75, 3.05) is 0 Å². The van der Waals surface area contributed by atoms with Gasteiger partial charge in [0.05, 0.1) is 5.56 Å². The molecule has 0 bridgehead atoms. The molecule has 2 aromatic rings. The third-order valence-corrected chi connectivity index (χ3v) is 2.12. The van der Waals surface area contributed by atoms with E-state index in [0.717, 1.165) is 0 Å². The van der Waals surface area contributed by atoms with E-state index in [1.165, 1.54) is 42.5 Å². The molecule has 2 rings (SSSR count). The van der Waals surface area contributed by atoms with Crippen molar-refractivity contribution in [3.05, 3.63) is 54.1 Å². The molecule has 0 radical (unpaired) electrons. The van der Waals surface area contributed by atoms with Gasteiger partial charge in [-0.15, -0.1) is 0 Å². The molecule has 2 aromatic carbocycles. The molecule has 3 heteroatoms. The van der Waals surface area contributed by atoms with E-state index in [-0.39, 0.29) is 11.3 Å². The van der Waals surface area contributed by atoms with Crippen molar-refractivity contribution in [2.45, 2.75) is 0 Å². The number of halogens is 2. The SMILES string of the molecule is Oc1ccc(-c2c(F)cccc2F)cc1. The molecule has 76 valence electrons. The van der Waals surface area contributed by atoms with Gasteiger partial charge in [-0.2, -0.15) is 0 Å². The largest absolute Gasteiger partial charge is 0.508 e. The van der Waals surface area contributed by atoms with Crippen LogP contribution in [0.5, 0.6) is 5.75 Å². The monoisotopic (exact) mass is 206 g/mol. The third-order valence-electron chi connectivity index (χ3n) is 2.12. The van der Waals surface area contributed by atoms with Crippen LogP contribution < -0.4 is 0 Å². The van der Waals surface area contributed by atoms with Crippen LogP contribution in [0.1, 0.15) is 0 Å². The number of aromatic hydroxyl groups is 1. The van der Waals surface area contributed by atoms with Crippen LogP contribution >= 0.6 is 0 Å². The van der Waals surface area contributed by atoms with Gasteiger partial charge in [0, 0.05) is 0 Å². The summed E-state index contributed by atoms with van der Waals surface area (Å²) < 4.78 is 26.7. The topological polar surface area (TPSA) is 20.2 Å². The zero-order valence-electron chi connectivity index (χ0n) is 7.74. The predicted octanol–water partition coefficient (Wildman–Crippen LogP) is 3.34.